The minimum atomic E-state index is -0.852. The number of anilines is 1. The maximum atomic E-state index is 12.8. The molecule has 1 aromatic carbocycles. The SMILES string of the molecule is Cc1sc(NC(=O)[C@@H]2[C@H]3CC[C@@H](C3)[C@@H]2C(=O)O)nc1-c1ccc(Cl)cc1. The molecule has 2 aromatic rings. The number of aryl methyl sites for hydroxylation is 1. The van der Waals surface area contributed by atoms with E-state index < -0.39 is 17.8 Å². The zero-order chi connectivity index (χ0) is 18.4. The lowest BCUT2D eigenvalue weighted by Crippen LogP contribution is -2.37. The quantitative estimate of drug-likeness (QED) is 0.807. The van der Waals surface area contributed by atoms with Gasteiger partial charge < -0.3 is 10.4 Å². The average Bonchev–Trinajstić information content (AvgIpc) is 3.29. The number of fused-ring (bicyclic) bond motifs is 2. The summed E-state index contributed by atoms with van der Waals surface area (Å²) in [6.45, 7) is 1.95. The average molecular weight is 391 g/mol. The van der Waals surface area contributed by atoms with Crippen LogP contribution in [-0.2, 0) is 9.59 Å². The first-order valence-corrected chi connectivity index (χ1v) is 9.90. The van der Waals surface area contributed by atoms with Crippen LogP contribution in [0.4, 0.5) is 5.13 Å². The number of amides is 1. The van der Waals surface area contributed by atoms with Crippen LogP contribution in [0.5, 0.6) is 0 Å². The maximum Gasteiger partial charge on any atom is 0.307 e. The molecule has 4 rings (SSSR count). The summed E-state index contributed by atoms with van der Waals surface area (Å²) in [4.78, 5) is 30.0. The van der Waals surface area contributed by atoms with Crippen molar-refractivity contribution < 1.29 is 14.7 Å². The summed E-state index contributed by atoms with van der Waals surface area (Å²) in [6, 6.07) is 7.40. The minimum absolute atomic E-state index is 0.135. The zero-order valence-electron chi connectivity index (χ0n) is 14.2. The largest absolute Gasteiger partial charge is 0.481 e. The Balaban J connectivity index is 1.54. The lowest BCUT2D eigenvalue weighted by molar-refractivity contribution is -0.148. The number of hydrogen-bond donors (Lipinski definition) is 2. The van der Waals surface area contributed by atoms with Gasteiger partial charge in [0.1, 0.15) is 0 Å². The van der Waals surface area contributed by atoms with Gasteiger partial charge in [0, 0.05) is 15.5 Å². The van der Waals surface area contributed by atoms with Crippen LogP contribution in [0.2, 0.25) is 5.02 Å². The van der Waals surface area contributed by atoms with Crippen molar-refractivity contribution >= 4 is 39.9 Å². The lowest BCUT2D eigenvalue weighted by Gasteiger charge is -2.26. The maximum absolute atomic E-state index is 12.8. The van der Waals surface area contributed by atoms with E-state index in [0.717, 1.165) is 35.4 Å². The van der Waals surface area contributed by atoms with Gasteiger partial charge in [-0.15, -0.1) is 11.3 Å². The fourth-order valence-electron chi connectivity index (χ4n) is 4.54. The smallest absolute Gasteiger partial charge is 0.307 e. The standard InChI is InChI=1S/C19H19ClN2O3S/c1-9-16(10-4-6-13(20)7-5-10)21-19(26-9)22-17(23)14-11-2-3-12(8-11)15(14)18(24)25/h4-7,11-12,14-15H,2-3,8H2,1H3,(H,24,25)(H,21,22,23)/t11-,12-,14+,15-/m0/s1. The van der Waals surface area contributed by atoms with Crippen molar-refractivity contribution in [1.82, 2.24) is 4.98 Å². The van der Waals surface area contributed by atoms with Gasteiger partial charge in [-0.3, -0.25) is 9.59 Å². The van der Waals surface area contributed by atoms with E-state index in [-0.39, 0.29) is 17.7 Å². The summed E-state index contributed by atoms with van der Waals surface area (Å²) < 4.78 is 0. The molecule has 0 spiro atoms. The number of rotatable bonds is 4. The van der Waals surface area contributed by atoms with Crippen molar-refractivity contribution in [3.8, 4) is 11.3 Å². The van der Waals surface area contributed by atoms with Crippen LogP contribution in [0.1, 0.15) is 24.1 Å². The fourth-order valence-corrected chi connectivity index (χ4v) is 5.50. The molecule has 0 aliphatic heterocycles. The molecule has 7 heteroatoms. The molecule has 2 aliphatic carbocycles. The molecule has 2 saturated carbocycles. The second-order valence-electron chi connectivity index (χ2n) is 7.14. The van der Waals surface area contributed by atoms with E-state index >= 15 is 0 Å². The highest BCUT2D eigenvalue weighted by Gasteiger charge is 2.54. The number of nitrogens with one attached hydrogen (secondary N) is 1. The van der Waals surface area contributed by atoms with Crippen molar-refractivity contribution in [2.45, 2.75) is 26.2 Å². The number of carboxylic acids is 1. The molecule has 0 saturated heterocycles. The highest BCUT2D eigenvalue weighted by atomic mass is 35.5. The molecule has 5 nitrogen and oxygen atoms in total. The van der Waals surface area contributed by atoms with E-state index in [1.54, 1.807) is 12.1 Å². The van der Waals surface area contributed by atoms with Crippen LogP contribution < -0.4 is 5.32 Å². The van der Waals surface area contributed by atoms with Gasteiger partial charge in [0.05, 0.1) is 17.5 Å². The third-order valence-corrected chi connectivity index (χ3v) is 6.79. The van der Waals surface area contributed by atoms with Crippen molar-refractivity contribution in [3.05, 3.63) is 34.2 Å². The summed E-state index contributed by atoms with van der Waals surface area (Å²) in [5.74, 6) is -1.76. The normalized spacial score (nSPS) is 26.8. The summed E-state index contributed by atoms with van der Waals surface area (Å²) >= 11 is 7.34. The molecule has 4 atom stereocenters. The third-order valence-electron chi connectivity index (χ3n) is 5.65. The van der Waals surface area contributed by atoms with Crippen LogP contribution >= 0.6 is 22.9 Å². The zero-order valence-corrected chi connectivity index (χ0v) is 15.8. The second kappa shape index (κ2) is 6.67. The van der Waals surface area contributed by atoms with E-state index in [2.05, 4.69) is 10.3 Å². The Morgan fingerprint density at radius 3 is 2.50 bits per heavy atom. The van der Waals surface area contributed by atoms with Gasteiger partial charge in [0.25, 0.3) is 0 Å². The number of carboxylic acid groups (broad SMARTS) is 1. The Morgan fingerprint density at radius 1 is 1.19 bits per heavy atom. The molecule has 1 amide bonds. The summed E-state index contributed by atoms with van der Waals surface area (Å²) in [5.41, 5.74) is 1.75. The molecule has 2 bridgehead atoms. The van der Waals surface area contributed by atoms with E-state index in [1.807, 2.05) is 19.1 Å². The second-order valence-corrected chi connectivity index (χ2v) is 8.78. The van der Waals surface area contributed by atoms with Crippen LogP contribution in [0.3, 0.4) is 0 Å². The predicted molar refractivity (Wildman–Crippen MR) is 101 cm³/mol. The molecule has 2 aliphatic rings. The van der Waals surface area contributed by atoms with Gasteiger partial charge in [-0.1, -0.05) is 23.7 Å². The number of hydrogen-bond acceptors (Lipinski definition) is 4. The molecule has 1 heterocycles. The summed E-state index contributed by atoms with van der Waals surface area (Å²) in [5, 5.41) is 13.6. The number of benzene rings is 1. The predicted octanol–water partition coefficient (Wildman–Crippen LogP) is 4.46. The molecular formula is C19H19ClN2O3S. The number of carbonyl (C=O) groups excluding carboxylic acids is 1. The Bertz CT molecular complexity index is 864. The van der Waals surface area contributed by atoms with Gasteiger partial charge in [-0.05, 0) is 50.2 Å². The number of thiazole rings is 1. The van der Waals surface area contributed by atoms with Crippen LogP contribution in [-0.4, -0.2) is 22.0 Å². The monoisotopic (exact) mass is 390 g/mol. The van der Waals surface area contributed by atoms with Crippen molar-refractivity contribution in [3.63, 3.8) is 0 Å². The van der Waals surface area contributed by atoms with Crippen LogP contribution in [0.25, 0.3) is 11.3 Å². The summed E-state index contributed by atoms with van der Waals surface area (Å²) in [7, 11) is 0. The Kier molecular flexibility index (Phi) is 4.49. The molecule has 1 aromatic heterocycles. The first-order chi connectivity index (χ1) is 12.4. The van der Waals surface area contributed by atoms with Crippen LogP contribution in [0.15, 0.2) is 24.3 Å². The van der Waals surface area contributed by atoms with Gasteiger partial charge in [-0.25, -0.2) is 4.98 Å². The fraction of sp³-hybridized carbons (Fsp3) is 0.421. The van der Waals surface area contributed by atoms with E-state index in [9.17, 15) is 14.7 Å². The molecule has 2 N–H and O–H groups in total. The molecule has 26 heavy (non-hydrogen) atoms. The van der Waals surface area contributed by atoms with Crippen molar-refractivity contribution in [2.24, 2.45) is 23.7 Å². The number of aromatic nitrogens is 1. The van der Waals surface area contributed by atoms with E-state index in [1.165, 1.54) is 11.3 Å². The molecule has 0 unspecified atom stereocenters. The number of nitrogens with zero attached hydrogens (tertiary/aromatic N) is 1. The van der Waals surface area contributed by atoms with Gasteiger partial charge in [-0.2, -0.15) is 0 Å². The Hall–Kier alpha value is -1.92. The van der Waals surface area contributed by atoms with E-state index in [0.29, 0.717) is 10.2 Å². The Morgan fingerprint density at radius 2 is 1.85 bits per heavy atom. The lowest BCUT2D eigenvalue weighted by atomic mass is 9.79. The first kappa shape index (κ1) is 17.5. The van der Waals surface area contributed by atoms with Crippen molar-refractivity contribution in [1.29, 1.82) is 0 Å². The topological polar surface area (TPSA) is 79.3 Å². The minimum Gasteiger partial charge on any atom is -0.481 e. The van der Waals surface area contributed by atoms with Crippen molar-refractivity contribution in [2.75, 3.05) is 5.32 Å². The highest BCUT2D eigenvalue weighted by molar-refractivity contribution is 7.16. The number of halogens is 1. The highest BCUT2D eigenvalue weighted by Crippen LogP contribution is 2.52. The first-order valence-electron chi connectivity index (χ1n) is 8.71. The van der Waals surface area contributed by atoms with Gasteiger partial charge >= 0.3 is 5.97 Å². The molecular weight excluding hydrogens is 372 g/mol. The number of carbonyl (C=O) groups is 2. The molecule has 0 radical (unpaired) electrons. The van der Waals surface area contributed by atoms with Gasteiger partial charge in [0.15, 0.2) is 5.13 Å². The third kappa shape index (κ3) is 3.01. The number of aliphatic carboxylic acids is 1. The molecule has 2 fully saturated rings. The Labute approximate surface area is 160 Å². The summed E-state index contributed by atoms with van der Waals surface area (Å²) in [6.07, 6.45) is 2.71. The molecule has 136 valence electrons. The van der Waals surface area contributed by atoms with E-state index in [4.69, 9.17) is 11.6 Å². The van der Waals surface area contributed by atoms with Gasteiger partial charge in [0.2, 0.25) is 5.91 Å². The van der Waals surface area contributed by atoms with Crippen LogP contribution in [0, 0.1) is 30.6 Å².